The predicted molar refractivity (Wildman–Crippen MR) is 46.7 cm³/mol. The summed E-state index contributed by atoms with van der Waals surface area (Å²) in [5.41, 5.74) is 7.06. The fraction of sp³-hybridized carbons (Fsp3) is 0.625. The van der Waals surface area contributed by atoms with E-state index < -0.39 is 0 Å². The highest BCUT2D eigenvalue weighted by Crippen LogP contribution is 2.08. The van der Waals surface area contributed by atoms with E-state index in [0.29, 0.717) is 12.1 Å². The first-order valence-electron chi connectivity index (χ1n) is 4.32. The Bertz CT molecular complexity index is 231. The van der Waals surface area contributed by atoms with E-state index in [9.17, 15) is 0 Å². The number of H-pyrrole nitrogens is 1. The number of nitrogens with one attached hydrogen (secondary N) is 2. The van der Waals surface area contributed by atoms with Crippen molar-refractivity contribution in [3.8, 4) is 0 Å². The van der Waals surface area contributed by atoms with Crippen molar-refractivity contribution in [3.63, 3.8) is 0 Å². The van der Waals surface area contributed by atoms with Crippen LogP contribution in [0, 0.1) is 0 Å². The molecule has 1 aromatic rings. The molecule has 1 aliphatic rings. The molecule has 4 heteroatoms. The van der Waals surface area contributed by atoms with Gasteiger partial charge >= 0.3 is 0 Å². The molecule has 2 atom stereocenters. The monoisotopic (exact) mass is 166 g/mol. The van der Waals surface area contributed by atoms with Crippen LogP contribution in [0.1, 0.15) is 12.1 Å². The molecule has 0 spiro atoms. The van der Waals surface area contributed by atoms with Crippen LogP contribution in [0.3, 0.4) is 0 Å². The van der Waals surface area contributed by atoms with Crippen LogP contribution in [0.5, 0.6) is 0 Å². The molecule has 2 heterocycles. The maximum atomic E-state index is 5.90. The molecule has 0 aliphatic carbocycles. The van der Waals surface area contributed by atoms with Gasteiger partial charge in [0.25, 0.3) is 0 Å². The molecule has 1 aromatic heterocycles. The molecule has 2 rings (SSSR count). The summed E-state index contributed by atoms with van der Waals surface area (Å²) in [4.78, 5) is 7.04. The van der Waals surface area contributed by atoms with Crippen LogP contribution >= 0.6 is 0 Å². The zero-order chi connectivity index (χ0) is 8.39. The van der Waals surface area contributed by atoms with Crippen molar-refractivity contribution in [2.75, 3.05) is 6.54 Å². The molecule has 4 nitrogen and oxygen atoms in total. The molecule has 66 valence electrons. The predicted octanol–water partition coefficient (Wildman–Crippen LogP) is -0.359. The van der Waals surface area contributed by atoms with Gasteiger partial charge in [0.05, 0.1) is 6.33 Å². The molecule has 12 heavy (non-hydrogen) atoms. The molecule has 1 saturated heterocycles. The first-order chi connectivity index (χ1) is 5.86. The number of rotatable bonds is 2. The van der Waals surface area contributed by atoms with E-state index in [1.165, 1.54) is 0 Å². The Hall–Kier alpha value is -0.870. The van der Waals surface area contributed by atoms with Gasteiger partial charge in [0, 0.05) is 30.4 Å². The lowest BCUT2D eigenvalue weighted by atomic mass is 10.1. The quantitative estimate of drug-likeness (QED) is 0.562. The molecule has 0 amide bonds. The SMILES string of the molecule is NC1CCN[C@@H]1Cc1cnc[nH]1. The van der Waals surface area contributed by atoms with E-state index in [0.717, 1.165) is 25.1 Å². The second-order valence-corrected chi connectivity index (χ2v) is 3.29. The molecule has 0 bridgehead atoms. The van der Waals surface area contributed by atoms with Crippen LogP contribution in [0.4, 0.5) is 0 Å². The molecule has 1 unspecified atom stereocenters. The van der Waals surface area contributed by atoms with Crippen molar-refractivity contribution >= 4 is 0 Å². The third kappa shape index (κ3) is 1.49. The average Bonchev–Trinajstić information content (AvgIpc) is 2.65. The highest BCUT2D eigenvalue weighted by Gasteiger charge is 2.23. The number of nitrogens with zero attached hydrogens (tertiary/aromatic N) is 1. The normalized spacial score (nSPS) is 29.4. The van der Waals surface area contributed by atoms with Crippen LogP contribution in [-0.4, -0.2) is 28.6 Å². The van der Waals surface area contributed by atoms with Crippen LogP contribution in [-0.2, 0) is 6.42 Å². The molecule has 0 aromatic carbocycles. The molecular formula is C8H14N4. The van der Waals surface area contributed by atoms with Crippen molar-refractivity contribution in [2.45, 2.75) is 24.9 Å². The maximum Gasteiger partial charge on any atom is 0.0921 e. The van der Waals surface area contributed by atoms with Gasteiger partial charge in [0.2, 0.25) is 0 Å². The van der Waals surface area contributed by atoms with E-state index in [1.54, 1.807) is 6.33 Å². The molecule has 1 aliphatic heterocycles. The van der Waals surface area contributed by atoms with Gasteiger partial charge in [-0.25, -0.2) is 4.98 Å². The average molecular weight is 166 g/mol. The van der Waals surface area contributed by atoms with Crippen molar-refractivity contribution < 1.29 is 0 Å². The van der Waals surface area contributed by atoms with Crippen molar-refractivity contribution in [2.24, 2.45) is 5.73 Å². The standard InChI is InChI=1S/C8H14N4/c9-7-1-2-11-8(7)3-6-4-10-5-12-6/h4-5,7-8,11H,1-3,9H2,(H,10,12)/t7?,8-/m1/s1. The largest absolute Gasteiger partial charge is 0.348 e. The van der Waals surface area contributed by atoms with Gasteiger partial charge in [-0.05, 0) is 13.0 Å². The number of aromatic nitrogens is 2. The fourth-order valence-electron chi connectivity index (χ4n) is 1.64. The smallest absolute Gasteiger partial charge is 0.0921 e. The molecule has 1 fully saturated rings. The lowest BCUT2D eigenvalue weighted by molar-refractivity contribution is 0.534. The van der Waals surface area contributed by atoms with Crippen molar-refractivity contribution in [1.29, 1.82) is 0 Å². The zero-order valence-electron chi connectivity index (χ0n) is 6.96. The summed E-state index contributed by atoms with van der Waals surface area (Å²) in [6, 6.07) is 0.721. The Morgan fingerprint density at radius 2 is 2.58 bits per heavy atom. The van der Waals surface area contributed by atoms with E-state index in [4.69, 9.17) is 5.73 Å². The Morgan fingerprint density at radius 1 is 1.67 bits per heavy atom. The van der Waals surface area contributed by atoms with E-state index in [-0.39, 0.29) is 0 Å². The summed E-state index contributed by atoms with van der Waals surface area (Å²) in [5, 5.41) is 3.37. The van der Waals surface area contributed by atoms with Gasteiger partial charge in [-0.3, -0.25) is 0 Å². The minimum Gasteiger partial charge on any atom is -0.348 e. The molecule has 0 saturated carbocycles. The van der Waals surface area contributed by atoms with Crippen LogP contribution in [0.2, 0.25) is 0 Å². The van der Waals surface area contributed by atoms with Crippen LogP contribution in [0.15, 0.2) is 12.5 Å². The van der Waals surface area contributed by atoms with E-state index in [2.05, 4.69) is 15.3 Å². The van der Waals surface area contributed by atoms with E-state index >= 15 is 0 Å². The number of hydrogen-bond donors (Lipinski definition) is 3. The summed E-state index contributed by atoms with van der Waals surface area (Å²) in [6.07, 6.45) is 5.60. The van der Waals surface area contributed by atoms with Crippen LogP contribution < -0.4 is 11.1 Å². The topological polar surface area (TPSA) is 66.7 Å². The van der Waals surface area contributed by atoms with Gasteiger partial charge in [-0.2, -0.15) is 0 Å². The third-order valence-electron chi connectivity index (χ3n) is 2.40. The van der Waals surface area contributed by atoms with Gasteiger partial charge in [-0.1, -0.05) is 0 Å². The Labute approximate surface area is 71.6 Å². The lowest BCUT2D eigenvalue weighted by Crippen LogP contribution is -2.37. The number of imidazole rings is 1. The van der Waals surface area contributed by atoms with Gasteiger partial charge < -0.3 is 16.0 Å². The Kier molecular flexibility index (Phi) is 2.10. The van der Waals surface area contributed by atoms with Gasteiger partial charge in [-0.15, -0.1) is 0 Å². The second-order valence-electron chi connectivity index (χ2n) is 3.29. The zero-order valence-corrected chi connectivity index (χ0v) is 6.96. The number of nitrogens with two attached hydrogens (primary N) is 1. The highest BCUT2D eigenvalue weighted by atomic mass is 15.0. The summed E-state index contributed by atoms with van der Waals surface area (Å²) in [7, 11) is 0. The van der Waals surface area contributed by atoms with Gasteiger partial charge in [0.15, 0.2) is 0 Å². The lowest BCUT2D eigenvalue weighted by Gasteiger charge is -2.13. The summed E-state index contributed by atoms with van der Waals surface area (Å²) >= 11 is 0. The summed E-state index contributed by atoms with van der Waals surface area (Å²) in [5.74, 6) is 0. The minimum absolute atomic E-state index is 0.299. The molecule has 4 N–H and O–H groups in total. The second kappa shape index (κ2) is 3.25. The first kappa shape index (κ1) is 7.76. The Balaban J connectivity index is 1.95. The maximum absolute atomic E-state index is 5.90. The van der Waals surface area contributed by atoms with Crippen LogP contribution in [0.25, 0.3) is 0 Å². The Morgan fingerprint density at radius 3 is 3.17 bits per heavy atom. The van der Waals surface area contributed by atoms with Crippen molar-refractivity contribution in [3.05, 3.63) is 18.2 Å². The highest BCUT2D eigenvalue weighted by molar-refractivity contribution is 5.01. The summed E-state index contributed by atoms with van der Waals surface area (Å²) < 4.78 is 0. The molecule has 0 radical (unpaired) electrons. The first-order valence-corrected chi connectivity index (χ1v) is 4.32. The number of aromatic amines is 1. The minimum atomic E-state index is 0.299. The third-order valence-corrected chi connectivity index (χ3v) is 2.40. The van der Waals surface area contributed by atoms with Gasteiger partial charge in [0.1, 0.15) is 0 Å². The summed E-state index contributed by atoms with van der Waals surface area (Å²) in [6.45, 7) is 1.04. The van der Waals surface area contributed by atoms with Crippen molar-refractivity contribution in [1.82, 2.24) is 15.3 Å². The molecular weight excluding hydrogens is 152 g/mol. The fourth-order valence-corrected chi connectivity index (χ4v) is 1.64. The van der Waals surface area contributed by atoms with E-state index in [1.807, 2.05) is 6.20 Å². The number of hydrogen-bond acceptors (Lipinski definition) is 3.